The highest BCUT2D eigenvalue weighted by molar-refractivity contribution is 6.05. The summed E-state index contributed by atoms with van der Waals surface area (Å²) in [5.74, 6) is -0.168. The first-order valence-corrected chi connectivity index (χ1v) is 8.06. The second kappa shape index (κ2) is 6.03. The van der Waals surface area contributed by atoms with Gasteiger partial charge in [0, 0.05) is 11.1 Å². The first-order chi connectivity index (χ1) is 12.5. The second-order valence-corrected chi connectivity index (χ2v) is 6.01. The smallest absolute Gasteiger partial charge is 0.272 e. The first kappa shape index (κ1) is 15.9. The average molecular weight is 349 g/mol. The van der Waals surface area contributed by atoms with Gasteiger partial charge in [0.25, 0.3) is 17.4 Å². The summed E-state index contributed by atoms with van der Waals surface area (Å²) in [5.41, 5.74) is 0.785. The number of ether oxygens (including phenoxy) is 1. The fourth-order valence-electron chi connectivity index (χ4n) is 2.82. The molecule has 26 heavy (non-hydrogen) atoms. The van der Waals surface area contributed by atoms with E-state index in [9.17, 15) is 14.4 Å². The number of hydrogen-bond acceptors (Lipinski definition) is 4. The standard InChI is InChI=1S/C19H15N3O4/c1-10-17(23)21-14-9-12(6-7-16(14)26-10)20-19(25)15-8-11-4-2-3-5-13(11)18(24)22-15/h2-10H,1H3,(H,20,25)(H,21,23)(H,22,24). The normalized spacial score (nSPS) is 15.7. The molecule has 0 saturated carbocycles. The fourth-order valence-corrected chi connectivity index (χ4v) is 2.82. The van der Waals surface area contributed by atoms with Crippen LogP contribution in [0.5, 0.6) is 5.75 Å². The summed E-state index contributed by atoms with van der Waals surface area (Å²) < 4.78 is 5.48. The van der Waals surface area contributed by atoms with Gasteiger partial charge < -0.3 is 20.4 Å². The van der Waals surface area contributed by atoms with Crippen LogP contribution in [0.2, 0.25) is 0 Å². The van der Waals surface area contributed by atoms with E-state index in [1.807, 2.05) is 0 Å². The van der Waals surface area contributed by atoms with Gasteiger partial charge in [0.05, 0.1) is 5.69 Å². The van der Waals surface area contributed by atoms with Crippen LogP contribution in [0.3, 0.4) is 0 Å². The number of benzene rings is 2. The Bertz CT molecular complexity index is 1100. The number of carbonyl (C=O) groups excluding carboxylic acids is 2. The van der Waals surface area contributed by atoms with Gasteiger partial charge in [0.1, 0.15) is 11.4 Å². The van der Waals surface area contributed by atoms with Crippen LogP contribution in [0.25, 0.3) is 10.8 Å². The number of pyridine rings is 1. The van der Waals surface area contributed by atoms with E-state index in [0.717, 1.165) is 0 Å². The van der Waals surface area contributed by atoms with Crippen molar-refractivity contribution >= 4 is 34.0 Å². The number of rotatable bonds is 2. The maximum atomic E-state index is 12.5. The summed E-state index contributed by atoms with van der Waals surface area (Å²) in [6.07, 6.45) is -0.564. The van der Waals surface area contributed by atoms with Crippen molar-refractivity contribution < 1.29 is 14.3 Å². The molecule has 1 aromatic heterocycles. The van der Waals surface area contributed by atoms with E-state index in [1.165, 1.54) is 0 Å². The van der Waals surface area contributed by atoms with E-state index in [-0.39, 0.29) is 17.2 Å². The number of nitrogens with one attached hydrogen (secondary N) is 3. The monoisotopic (exact) mass is 349 g/mol. The molecule has 0 spiro atoms. The zero-order chi connectivity index (χ0) is 18.3. The number of fused-ring (bicyclic) bond motifs is 2. The topological polar surface area (TPSA) is 100 Å². The predicted molar refractivity (Wildman–Crippen MR) is 97.7 cm³/mol. The molecule has 0 radical (unpaired) electrons. The third kappa shape index (κ3) is 2.79. The molecule has 3 N–H and O–H groups in total. The molecule has 2 heterocycles. The Morgan fingerprint density at radius 1 is 1.12 bits per heavy atom. The average Bonchev–Trinajstić information content (AvgIpc) is 2.63. The molecular formula is C19H15N3O4. The Labute approximate surface area is 148 Å². The zero-order valence-electron chi connectivity index (χ0n) is 13.8. The van der Waals surface area contributed by atoms with Gasteiger partial charge in [-0.2, -0.15) is 0 Å². The number of H-pyrrole nitrogens is 1. The Kier molecular flexibility index (Phi) is 3.69. The molecule has 3 aromatic rings. The summed E-state index contributed by atoms with van der Waals surface area (Å²) in [5, 5.41) is 6.64. The van der Waals surface area contributed by atoms with Crippen molar-refractivity contribution in [1.82, 2.24) is 4.98 Å². The van der Waals surface area contributed by atoms with Crippen molar-refractivity contribution in [2.24, 2.45) is 0 Å². The fraction of sp³-hybridized carbons (Fsp3) is 0.105. The third-order valence-electron chi connectivity index (χ3n) is 4.17. The molecule has 0 fully saturated rings. The number of amides is 2. The van der Waals surface area contributed by atoms with E-state index in [2.05, 4.69) is 15.6 Å². The van der Waals surface area contributed by atoms with E-state index < -0.39 is 12.0 Å². The minimum absolute atomic E-state index is 0.153. The molecule has 4 rings (SSSR count). The van der Waals surface area contributed by atoms with E-state index in [0.29, 0.717) is 27.9 Å². The maximum Gasteiger partial charge on any atom is 0.272 e. The van der Waals surface area contributed by atoms with Crippen molar-refractivity contribution in [3.8, 4) is 5.75 Å². The lowest BCUT2D eigenvalue weighted by Crippen LogP contribution is -2.34. The van der Waals surface area contributed by atoms with Crippen LogP contribution in [0.1, 0.15) is 17.4 Å². The Morgan fingerprint density at radius 2 is 1.92 bits per heavy atom. The number of hydrogen-bond donors (Lipinski definition) is 3. The highest BCUT2D eigenvalue weighted by Gasteiger charge is 2.23. The van der Waals surface area contributed by atoms with Crippen LogP contribution in [0.15, 0.2) is 53.3 Å². The number of carbonyl (C=O) groups is 2. The third-order valence-corrected chi connectivity index (χ3v) is 4.17. The molecule has 1 unspecified atom stereocenters. The van der Waals surface area contributed by atoms with Crippen molar-refractivity contribution in [2.75, 3.05) is 10.6 Å². The Morgan fingerprint density at radius 3 is 2.77 bits per heavy atom. The van der Waals surface area contributed by atoms with E-state index in [1.54, 1.807) is 55.5 Å². The van der Waals surface area contributed by atoms with Gasteiger partial charge in [0.15, 0.2) is 6.10 Å². The molecule has 2 amide bonds. The maximum absolute atomic E-state index is 12.5. The summed E-state index contributed by atoms with van der Waals surface area (Å²) in [4.78, 5) is 38.9. The number of anilines is 2. The largest absolute Gasteiger partial charge is 0.479 e. The van der Waals surface area contributed by atoms with Gasteiger partial charge in [0.2, 0.25) is 0 Å². The summed E-state index contributed by atoms with van der Waals surface area (Å²) >= 11 is 0. The minimum atomic E-state index is -0.564. The molecular weight excluding hydrogens is 334 g/mol. The number of aromatic amines is 1. The van der Waals surface area contributed by atoms with Crippen LogP contribution < -0.4 is 20.9 Å². The molecule has 0 aliphatic carbocycles. The lowest BCUT2D eigenvalue weighted by Gasteiger charge is -2.23. The zero-order valence-corrected chi connectivity index (χ0v) is 13.8. The van der Waals surface area contributed by atoms with Crippen molar-refractivity contribution in [3.63, 3.8) is 0 Å². The van der Waals surface area contributed by atoms with Gasteiger partial charge in [-0.25, -0.2) is 0 Å². The molecule has 1 aliphatic rings. The molecule has 7 heteroatoms. The van der Waals surface area contributed by atoms with Gasteiger partial charge in [-0.1, -0.05) is 18.2 Å². The molecule has 1 aliphatic heterocycles. The second-order valence-electron chi connectivity index (χ2n) is 6.01. The number of aromatic nitrogens is 1. The van der Waals surface area contributed by atoms with Crippen molar-refractivity contribution in [2.45, 2.75) is 13.0 Å². The van der Waals surface area contributed by atoms with Crippen LogP contribution in [-0.4, -0.2) is 22.9 Å². The van der Waals surface area contributed by atoms with Crippen molar-refractivity contribution in [1.29, 1.82) is 0 Å². The van der Waals surface area contributed by atoms with Crippen LogP contribution in [0.4, 0.5) is 11.4 Å². The molecule has 130 valence electrons. The Balaban J connectivity index is 1.62. The molecule has 0 saturated heterocycles. The SMILES string of the molecule is CC1Oc2ccc(NC(=O)c3cc4ccccc4c(=O)[nH]3)cc2NC1=O. The highest BCUT2D eigenvalue weighted by Crippen LogP contribution is 2.32. The van der Waals surface area contributed by atoms with Gasteiger partial charge >= 0.3 is 0 Å². The van der Waals surface area contributed by atoms with Crippen LogP contribution >= 0.6 is 0 Å². The summed E-state index contributed by atoms with van der Waals surface area (Å²) in [7, 11) is 0. The summed E-state index contributed by atoms with van der Waals surface area (Å²) in [6, 6.07) is 13.6. The summed E-state index contributed by atoms with van der Waals surface area (Å²) in [6.45, 7) is 1.66. The van der Waals surface area contributed by atoms with Crippen molar-refractivity contribution in [3.05, 3.63) is 64.6 Å². The molecule has 0 bridgehead atoms. The lowest BCUT2D eigenvalue weighted by molar-refractivity contribution is -0.122. The molecule has 2 aromatic carbocycles. The highest BCUT2D eigenvalue weighted by atomic mass is 16.5. The van der Waals surface area contributed by atoms with Gasteiger partial charge in [-0.3, -0.25) is 14.4 Å². The quantitative estimate of drug-likeness (QED) is 0.662. The first-order valence-electron chi connectivity index (χ1n) is 8.06. The molecule has 1 atom stereocenters. The molecule has 7 nitrogen and oxygen atoms in total. The predicted octanol–water partition coefficient (Wildman–Crippen LogP) is 2.50. The van der Waals surface area contributed by atoms with E-state index >= 15 is 0 Å². The van der Waals surface area contributed by atoms with Crippen LogP contribution in [-0.2, 0) is 4.79 Å². The van der Waals surface area contributed by atoms with Crippen LogP contribution in [0, 0.1) is 0 Å². The van der Waals surface area contributed by atoms with Gasteiger partial charge in [-0.05, 0) is 42.6 Å². The minimum Gasteiger partial charge on any atom is -0.479 e. The van der Waals surface area contributed by atoms with E-state index in [4.69, 9.17) is 4.74 Å². The lowest BCUT2D eigenvalue weighted by atomic mass is 10.1. The Hall–Kier alpha value is -3.61. The van der Waals surface area contributed by atoms with Gasteiger partial charge in [-0.15, -0.1) is 0 Å².